The molecule has 1 N–H and O–H groups in total. The number of rotatable bonds is 5. The second kappa shape index (κ2) is 6.36. The van der Waals surface area contributed by atoms with Crippen LogP contribution >= 0.6 is 0 Å². The minimum atomic E-state index is -0.942. The van der Waals surface area contributed by atoms with E-state index in [0.717, 1.165) is 29.9 Å². The quantitative estimate of drug-likeness (QED) is 0.827. The molecule has 0 spiro atoms. The van der Waals surface area contributed by atoms with E-state index in [1.807, 2.05) is 12.1 Å². The lowest BCUT2D eigenvalue weighted by atomic mass is 10.1. The summed E-state index contributed by atoms with van der Waals surface area (Å²) in [5.74, 6) is 0.792. The lowest BCUT2D eigenvalue weighted by Gasteiger charge is -2.21. The second-order valence-electron chi connectivity index (χ2n) is 5.15. The standard InChI is InChI=1S/C15H20N2O2/c1-17(11-13-4-2-3-5-13)14-8-6-12(10-16-14)7-9-15(18)19/h6-10,13H,2-5,11H2,1H3,(H,18,19)/b9-7+. The van der Waals surface area contributed by atoms with Crippen LogP contribution in [0.1, 0.15) is 31.2 Å². The Kier molecular flexibility index (Phi) is 4.55. The van der Waals surface area contributed by atoms with Gasteiger partial charge in [-0.3, -0.25) is 0 Å². The molecule has 0 aliphatic heterocycles. The third kappa shape index (κ3) is 4.09. The molecule has 1 fully saturated rings. The van der Waals surface area contributed by atoms with Gasteiger partial charge in [0.15, 0.2) is 0 Å². The van der Waals surface area contributed by atoms with Crippen molar-refractivity contribution in [3.05, 3.63) is 30.0 Å². The Hall–Kier alpha value is -1.84. The van der Waals surface area contributed by atoms with Crippen molar-refractivity contribution in [1.82, 2.24) is 4.98 Å². The summed E-state index contributed by atoms with van der Waals surface area (Å²) in [7, 11) is 2.06. The van der Waals surface area contributed by atoms with Crippen LogP contribution in [0.15, 0.2) is 24.4 Å². The van der Waals surface area contributed by atoms with Gasteiger partial charge in [-0.25, -0.2) is 9.78 Å². The van der Waals surface area contributed by atoms with Gasteiger partial charge in [-0.05, 0) is 42.5 Å². The zero-order chi connectivity index (χ0) is 13.7. The number of carboxylic acid groups (broad SMARTS) is 1. The lowest BCUT2D eigenvalue weighted by molar-refractivity contribution is -0.131. The minimum absolute atomic E-state index is 0.790. The molecular weight excluding hydrogens is 240 g/mol. The second-order valence-corrected chi connectivity index (χ2v) is 5.15. The summed E-state index contributed by atoms with van der Waals surface area (Å²) in [6.07, 6.45) is 9.73. The average molecular weight is 260 g/mol. The third-order valence-electron chi connectivity index (χ3n) is 3.59. The molecule has 1 aliphatic rings. The van der Waals surface area contributed by atoms with Crippen LogP contribution in [0.3, 0.4) is 0 Å². The maximum Gasteiger partial charge on any atom is 0.328 e. The molecule has 0 radical (unpaired) electrons. The molecular formula is C15H20N2O2. The van der Waals surface area contributed by atoms with Crippen molar-refractivity contribution >= 4 is 17.9 Å². The fraction of sp³-hybridized carbons (Fsp3) is 0.467. The number of hydrogen-bond donors (Lipinski definition) is 1. The highest BCUT2D eigenvalue weighted by Gasteiger charge is 2.17. The monoisotopic (exact) mass is 260 g/mol. The van der Waals surface area contributed by atoms with Gasteiger partial charge in [-0.2, -0.15) is 0 Å². The SMILES string of the molecule is CN(CC1CCCC1)c1ccc(/C=C/C(=O)O)cn1. The van der Waals surface area contributed by atoms with E-state index in [0.29, 0.717) is 0 Å². The fourth-order valence-electron chi connectivity index (χ4n) is 2.56. The van der Waals surface area contributed by atoms with Crippen molar-refractivity contribution in [3.63, 3.8) is 0 Å². The molecule has 1 aromatic rings. The maximum atomic E-state index is 10.4. The molecule has 4 heteroatoms. The summed E-state index contributed by atoms with van der Waals surface area (Å²) in [6.45, 7) is 1.05. The van der Waals surface area contributed by atoms with Crippen molar-refractivity contribution in [2.24, 2.45) is 5.92 Å². The molecule has 1 saturated carbocycles. The van der Waals surface area contributed by atoms with Crippen molar-refractivity contribution in [1.29, 1.82) is 0 Å². The van der Waals surface area contributed by atoms with Gasteiger partial charge in [-0.15, -0.1) is 0 Å². The topological polar surface area (TPSA) is 53.4 Å². The fourth-order valence-corrected chi connectivity index (χ4v) is 2.56. The van der Waals surface area contributed by atoms with E-state index in [1.54, 1.807) is 12.3 Å². The number of hydrogen-bond acceptors (Lipinski definition) is 3. The van der Waals surface area contributed by atoms with Crippen LogP contribution in [0.5, 0.6) is 0 Å². The summed E-state index contributed by atoms with van der Waals surface area (Å²) in [5.41, 5.74) is 0.806. The predicted molar refractivity (Wildman–Crippen MR) is 76.1 cm³/mol. The predicted octanol–water partition coefficient (Wildman–Crippen LogP) is 2.81. The van der Waals surface area contributed by atoms with Crippen molar-refractivity contribution in [2.45, 2.75) is 25.7 Å². The van der Waals surface area contributed by atoms with E-state index in [-0.39, 0.29) is 0 Å². The molecule has 102 valence electrons. The first-order valence-electron chi connectivity index (χ1n) is 6.73. The Morgan fingerprint density at radius 1 is 1.47 bits per heavy atom. The van der Waals surface area contributed by atoms with Crippen LogP contribution in [0.25, 0.3) is 6.08 Å². The van der Waals surface area contributed by atoms with Gasteiger partial charge in [0.25, 0.3) is 0 Å². The van der Waals surface area contributed by atoms with Gasteiger partial charge in [-0.1, -0.05) is 12.8 Å². The highest BCUT2D eigenvalue weighted by molar-refractivity contribution is 5.85. The van der Waals surface area contributed by atoms with E-state index < -0.39 is 5.97 Å². The lowest BCUT2D eigenvalue weighted by Crippen LogP contribution is -2.24. The van der Waals surface area contributed by atoms with E-state index in [9.17, 15) is 4.79 Å². The molecule has 0 aromatic carbocycles. The number of nitrogens with zero attached hydrogens (tertiary/aromatic N) is 2. The molecule has 0 bridgehead atoms. The Labute approximate surface area is 113 Å². The van der Waals surface area contributed by atoms with Gasteiger partial charge in [0, 0.05) is 25.9 Å². The Morgan fingerprint density at radius 2 is 2.21 bits per heavy atom. The number of aromatic nitrogens is 1. The van der Waals surface area contributed by atoms with Gasteiger partial charge in [0.1, 0.15) is 5.82 Å². The third-order valence-corrected chi connectivity index (χ3v) is 3.59. The van der Waals surface area contributed by atoms with E-state index >= 15 is 0 Å². The van der Waals surface area contributed by atoms with Crippen LogP contribution < -0.4 is 4.90 Å². The van der Waals surface area contributed by atoms with Crippen LogP contribution in [0.2, 0.25) is 0 Å². The Bertz CT molecular complexity index is 448. The molecule has 0 saturated heterocycles. The zero-order valence-electron chi connectivity index (χ0n) is 11.2. The number of anilines is 1. The Morgan fingerprint density at radius 3 is 2.79 bits per heavy atom. The van der Waals surface area contributed by atoms with Crippen LogP contribution in [0.4, 0.5) is 5.82 Å². The molecule has 0 atom stereocenters. The van der Waals surface area contributed by atoms with E-state index in [4.69, 9.17) is 5.11 Å². The smallest absolute Gasteiger partial charge is 0.328 e. The van der Waals surface area contributed by atoms with Gasteiger partial charge in [0.2, 0.25) is 0 Å². The summed E-state index contributed by atoms with van der Waals surface area (Å²) >= 11 is 0. The molecule has 0 unspecified atom stereocenters. The van der Waals surface area contributed by atoms with E-state index in [2.05, 4.69) is 16.9 Å². The molecule has 0 amide bonds. The van der Waals surface area contributed by atoms with E-state index in [1.165, 1.54) is 25.7 Å². The maximum absolute atomic E-state index is 10.4. The molecule has 1 aliphatic carbocycles. The summed E-state index contributed by atoms with van der Waals surface area (Å²) in [6, 6.07) is 3.84. The summed E-state index contributed by atoms with van der Waals surface area (Å²) < 4.78 is 0. The van der Waals surface area contributed by atoms with Gasteiger partial charge < -0.3 is 10.0 Å². The molecule has 19 heavy (non-hydrogen) atoms. The number of carboxylic acids is 1. The average Bonchev–Trinajstić information content (AvgIpc) is 2.89. The van der Waals surface area contributed by atoms with Crippen LogP contribution in [0, 0.1) is 5.92 Å². The molecule has 1 heterocycles. The van der Waals surface area contributed by atoms with Crippen molar-refractivity contribution in [2.75, 3.05) is 18.5 Å². The molecule has 1 aromatic heterocycles. The minimum Gasteiger partial charge on any atom is -0.478 e. The first-order chi connectivity index (χ1) is 9.15. The van der Waals surface area contributed by atoms with Crippen molar-refractivity contribution in [3.8, 4) is 0 Å². The largest absolute Gasteiger partial charge is 0.478 e. The summed E-state index contributed by atoms with van der Waals surface area (Å²) in [5, 5.41) is 8.56. The van der Waals surface area contributed by atoms with Crippen molar-refractivity contribution < 1.29 is 9.90 Å². The first-order valence-corrected chi connectivity index (χ1v) is 6.73. The van der Waals surface area contributed by atoms with Crippen LogP contribution in [-0.2, 0) is 4.79 Å². The normalized spacial score (nSPS) is 16.1. The molecule has 2 rings (SSSR count). The van der Waals surface area contributed by atoms with Gasteiger partial charge >= 0.3 is 5.97 Å². The Balaban J connectivity index is 1.95. The van der Waals surface area contributed by atoms with Crippen LogP contribution in [-0.4, -0.2) is 29.7 Å². The summed E-state index contributed by atoms with van der Waals surface area (Å²) in [4.78, 5) is 17.0. The number of carbonyl (C=O) groups is 1. The highest BCUT2D eigenvalue weighted by atomic mass is 16.4. The highest BCUT2D eigenvalue weighted by Crippen LogP contribution is 2.26. The zero-order valence-corrected chi connectivity index (χ0v) is 11.2. The first kappa shape index (κ1) is 13.6. The van der Waals surface area contributed by atoms with Gasteiger partial charge in [0.05, 0.1) is 0 Å². The number of pyridine rings is 1. The molecule has 4 nitrogen and oxygen atoms in total. The number of aliphatic carboxylic acids is 1.